The Morgan fingerprint density at radius 3 is 2.89 bits per heavy atom. The van der Waals surface area contributed by atoms with E-state index in [-0.39, 0.29) is 11.3 Å². The first-order valence-electron chi connectivity index (χ1n) is 5.57. The molecular weight excluding hydrogens is 288 g/mol. The number of aliphatic carboxylic acids is 1. The van der Waals surface area contributed by atoms with Crippen LogP contribution in [0.1, 0.15) is 6.92 Å². The lowest BCUT2D eigenvalue weighted by atomic mass is 10.2. The summed E-state index contributed by atoms with van der Waals surface area (Å²) in [6.45, 7) is 2.24. The van der Waals surface area contributed by atoms with Gasteiger partial charge in [-0.25, -0.2) is 4.98 Å². The maximum absolute atomic E-state index is 12.3. The van der Waals surface area contributed by atoms with Gasteiger partial charge in [0.05, 0.1) is 16.7 Å². The summed E-state index contributed by atoms with van der Waals surface area (Å²) in [5, 5.41) is 10.0. The number of hydrogen-bond donors (Lipinski definition) is 1. The van der Waals surface area contributed by atoms with Crippen molar-refractivity contribution in [1.29, 1.82) is 0 Å². The molecule has 5 nitrogen and oxygen atoms in total. The number of hydrogen-bond acceptors (Lipinski definition) is 4. The molecule has 2 rings (SSSR count). The van der Waals surface area contributed by atoms with Gasteiger partial charge in [0, 0.05) is 11.6 Å². The van der Waals surface area contributed by atoms with Crippen LogP contribution in [0.5, 0.6) is 0 Å². The Labute approximate surface area is 118 Å². The number of fused-ring (bicyclic) bond motifs is 1. The predicted molar refractivity (Wildman–Crippen MR) is 75.0 cm³/mol. The molecule has 0 saturated heterocycles. The molecule has 19 heavy (non-hydrogen) atoms. The summed E-state index contributed by atoms with van der Waals surface area (Å²) < 4.78 is 1.45. The van der Waals surface area contributed by atoms with Crippen molar-refractivity contribution in [3.8, 4) is 0 Å². The SMILES string of the molecule is CCn1c(SCC(=O)O)nc2ccc(Cl)cc2c1=O. The van der Waals surface area contributed by atoms with Crippen LogP contribution in [0.2, 0.25) is 5.02 Å². The Morgan fingerprint density at radius 2 is 2.26 bits per heavy atom. The second kappa shape index (κ2) is 5.63. The average molecular weight is 299 g/mol. The highest BCUT2D eigenvalue weighted by Crippen LogP contribution is 2.20. The van der Waals surface area contributed by atoms with Gasteiger partial charge in [0.15, 0.2) is 5.16 Å². The number of rotatable bonds is 4. The summed E-state index contributed by atoms with van der Waals surface area (Å²) in [5.41, 5.74) is 0.315. The maximum atomic E-state index is 12.3. The summed E-state index contributed by atoms with van der Waals surface area (Å²) in [4.78, 5) is 27.2. The van der Waals surface area contributed by atoms with Crippen LogP contribution < -0.4 is 5.56 Å². The molecule has 0 fully saturated rings. The Hall–Kier alpha value is -1.53. The fourth-order valence-electron chi connectivity index (χ4n) is 1.69. The van der Waals surface area contributed by atoms with Crippen molar-refractivity contribution in [1.82, 2.24) is 9.55 Å². The van der Waals surface area contributed by atoms with E-state index in [1.54, 1.807) is 18.2 Å². The third-order valence-electron chi connectivity index (χ3n) is 2.52. The highest BCUT2D eigenvalue weighted by molar-refractivity contribution is 7.99. The zero-order chi connectivity index (χ0) is 14.0. The van der Waals surface area contributed by atoms with Gasteiger partial charge in [-0.05, 0) is 25.1 Å². The summed E-state index contributed by atoms with van der Waals surface area (Å²) in [7, 11) is 0. The molecule has 0 atom stereocenters. The first-order chi connectivity index (χ1) is 9.02. The average Bonchev–Trinajstić information content (AvgIpc) is 2.37. The van der Waals surface area contributed by atoms with Crippen molar-refractivity contribution in [2.45, 2.75) is 18.6 Å². The van der Waals surface area contributed by atoms with E-state index in [0.29, 0.717) is 27.6 Å². The summed E-state index contributed by atoms with van der Waals surface area (Å²) in [6, 6.07) is 4.88. The third kappa shape index (κ3) is 2.90. The molecule has 100 valence electrons. The van der Waals surface area contributed by atoms with Crippen LogP contribution in [0.15, 0.2) is 28.2 Å². The molecule has 1 aromatic heterocycles. The van der Waals surface area contributed by atoms with Crippen LogP contribution in [0.25, 0.3) is 10.9 Å². The smallest absolute Gasteiger partial charge is 0.313 e. The van der Waals surface area contributed by atoms with E-state index in [1.807, 2.05) is 6.92 Å². The number of thioether (sulfide) groups is 1. The van der Waals surface area contributed by atoms with E-state index in [0.717, 1.165) is 11.8 Å². The largest absolute Gasteiger partial charge is 0.481 e. The van der Waals surface area contributed by atoms with Crippen LogP contribution in [0.4, 0.5) is 0 Å². The molecule has 7 heteroatoms. The Morgan fingerprint density at radius 1 is 1.53 bits per heavy atom. The number of carboxylic acids is 1. The zero-order valence-electron chi connectivity index (χ0n) is 10.1. The molecule has 1 aromatic carbocycles. The highest BCUT2D eigenvalue weighted by Gasteiger charge is 2.12. The topological polar surface area (TPSA) is 72.2 Å². The van der Waals surface area contributed by atoms with Crippen LogP contribution in [0.3, 0.4) is 0 Å². The number of carboxylic acid groups (broad SMARTS) is 1. The number of nitrogens with zero attached hydrogens (tertiary/aromatic N) is 2. The van der Waals surface area contributed by atoms with Crippen LogP contribution >= 0.6 is 23.4 Å². The van der Waals surface area contributed by atoms with Gasteiger partial charge in [-0.1, -0.05) is 23.4 Å². The first kappa shape index (κ1) is 13.9. The van der Waals surface area contributed by atoms with Gasteiger partial charge in [0.2, 0.25) is 0 Å². The first-order valence-corrected chi connectivity index (χ1v) is 6.94. The molecule has 1 N–H and O–H groups in total. The molecule has 0 aliphatic carbocycles. The standard InChI is InChI=1S/C12H11ClN2O3S/c1-2-15-11(18)8-5-7(13)3-4-9(8)14-12(15)19-6-10(16)17/h3-5H,2,6H2,1H3,(H,16,17). The van der Waals surface area contributed by atoms with E-state index in [9.17, 15) is 9.59 Å². The number of aromatic nitrogens is 2. The molecule has 2 aromatic rings. The molecule has 0 radical (unpaired) electrons. The molecule has 0 amide bonds. The fourth-order valence-corrected chi connectivity index (χ4v) is 2.64. The Balaban J connectivity index is 2.61. The molecule has 0 unspecified atom stereocenters. The summed E-state index contributed by atoms with van der Waals surface area (Å²) >= 11 is 6.90. The quantitative estimate of drug-likeness (QED) is 0.692. The highest BCUT2D eigenvalue weighted by atomic mass is 35.5. The van der Waals surface area contributed by atoms with Gasteiger partial charge < -0.3 is 5.11 Å². The number of carbonyl (C=O) groups is 1. The Bertz CT molecular complexity index is 699. The lowest BCUT2D eigenvalue weighted by molar-refractivity contribution is -0.133. The minimum Gasteiger partial charge on any atom is -0.481 e. The molecule has 0 aliphatic heterocycles. The van der Waals surface area contributed by atoms with Crippen LogP contribution in [-0.2, 0) is 11.3 Å². The van der Waals surface area contributed by atoms with Crippen LogP contribution in [0, 0.1) is 0 Å². The molecule has 1 heterocycles. The number of benzene rings is 1. The third-order valence-corrected chi connectivity index (χ3v) is 3.72. The van der Waals surface area contributed by atoms with Gasteiger partial charge in [-0.3, -0.25) is 14.2 Å². The zero-order valence-corrected chi connectivity index (χ0v) is 11.7. The van der Waals surface area contributed by atoms with Crippen molar-refractivity contribution in [3.05, 3.63) is 33.6 Å². The lowest BCUT2D eigenvalue weighted by Crippen LogP contribution is -2.22. The van der Waals surface area contributed by atoms with Crippen molar-refractivity contribution in [2.24, 2.45) is 0 Å². The minimum atomic E-state index is -0.946. The van der Waals surface area contributed by atoms with Gasteiger partial charge in [0.1, 0.15) is 0 Å². The summed E-state index contributed by atoms with van der Waals surface area (Å²) in [5.74, 6) is -1.08. The maximum Gasteiger partial charge on any atom is 0.313 e. The van der Waals surface area contributed by atoms with Gasteiger partial charge in [-0.2, -0.15) is 0 Å². The van der Waals surface area contributed by atoms with Crippen molar-refractivity contribution in [2.75, 3.05) is 5.75 Å². The Kier molecular flexibility index (Phi) is 4.11. The van der Waals surface area contributed by atoms with E-state index in [1.165, 1.54) is 4.57 Å². The van der Waals surface area contributed by atoms with E-state index in [4.69, 9.17) is 16.7 Å². The van der Waals surface area contributed by atoms with Crippen molar-refractivity contribution >= 4 is 40.2 Å². The van der Waals surface area contributed by atoms with E-state index < -0.39 is 5.97 Å². The fraction of sp³-hybridized carbons (Fsp3) is 0.250. The van der Waals surface area contributed by atoms with Crippen LogP contribution in [-0.4, -0.2) is 26.4 Å². The molecule has 0 saturated carbocycles. The normalized spacial score (nSPS) is 10.8. The minimum absolute atomic E-state index is 0.133. The predicted octanol–water partition coefficient (Wildman–Crippen LogP) is 2.25. The van der Waals surface area contributed by atoms with E-state index in [2.05, 4.69) is 4.98 Å². The molecule has 0 aliphatic rings. The number of halogens is 1. The lowest BCUT2D eigenvalue weighted by Gasteiger charge is -2.10. The molecule has 0 bridgehead atoms. The van der Waals surface area contributed by atoms with Gasteiger partial charge >= 0.3 is 5.97 Å². The monoisotopic (exact) mass is 298 g/mol. The molecule has 0 spiro atoms. The van der Waals surface area contributed by atoms with Gasteiger partial charge in [0.25, 0.3) is 5.56 Å². The van der Waals surface area contributed by atoms with Crippen molar-refractivity contribution < 1.29 is 9.90 Å². The summed E-state index contributed by atoms with van der Waals surface area (Å²) in [6.07, 6.45) is 0. The van der Waals surface area contributed by atoms with E-state index >= 15 is 0 Å². The second-order valence-electron chi connectivity index (χ2n) is 3.79. The second-order valence-corrected chi connectivity index (χ2v) is 5.17. The molecular formula is C12H11ClN2O3S. The van der Waals surface area contributed by atoms with Crippen molar-refractivity contribution in [3.63, 3.8) is 0 Å². The van der Waals surface area contributed by atoms with Gasteiger partial charge in [-0.15, -0.1) is 0 Å².